The molecule has 0 radical (unpaired) electrons. The van der Waals surface area contributed by atoms with Gasteiger partial charge < -0.3 is 21.1 Å². The Morgan fingerprint density at radius 3 is 2.52 bits per heavy atom. The highest BCUT2D eigenvalue weighted by atomic mass is 19.4. The molecule has 0 unspecified atom stereocenters. The number of nitrogens with zero attached hydrogens (tertiary/aromatic N) is 4. The molecule has 2 amide bonds. The number of ether oxygens (including phenoxy) is 1. The summed E-state index contributed by atoms with van der Waals surface area (Å²) in [6.07, 6.45) is -1.55. The molecular weight excluding hydrogens is 530 g/mol. The van der Waals surface area contributed by atoms with Crippen LogP contribution in [0.15, 0.2) is 54.9 Å². The predicted octanol–water partition coefficient (Wildman–Crippen LogP) is 5.05. The minimum Gasteiger partial charge on any atom is -0.382 e. The van der Waals surface area contributed by atoms with Crippen LogP contribution in [0.1, 0.15) is 17.7 Å². The van der Waals surface area contributed by atoms with Crippen LogP contribution in [-0.2, 0) is 17.3 Å². The van der Waals surface area contributed by atoms with E-state index < -0.39 is 29.3 Å². The van der Waals surface area contributed by atoms with Crippen LogP contribution < -0.4 is 16.4 Å². The van der Waals surface area contributed by atoms with E-state index in [2.05, 4.69) is 25.6 Å². The van der Waals surface area contributed by atoms with E-state index in [0.717, 1.165) is 62.5 Å². The van der Waals surface area contributed by atoms with Crippen LogP contribution in [0.25, 0.3) is 16.6 Å². The largest absolute Gasteiger partial charge is 0.416 e. The zero-order chi connectivity index (χ0) is 28.3. The van der Waals surface area contributed by atoms with Crippen LogP contribution in [0, 0.1) is 5.82 Å². The maximum Gasteiger partial charge on any atom is 0.416 e. The molecule has 0 atom stereocenters. The molecule has 4 aromatic rings. The Balaban J connectivity index is 1.29. The number of nitrogens with one attached hydrogen (secondary N) is 2. The van der Waals surface area contributed by atoms with Gasteiger partial charge in [-0.2, -0.15) is 18.3 Å². The molecule has 1 aliphatic rings. The number of nitrogens with two attached hydrogens (primary N) is 1. The lowest BCUT2D eigenvalue weighted by atomic mass is 10.1. The van der Waals surface area contributed by atoms with Gasteiger partial charge in [0.2, 0.25) is 0 Å². The Morgan fingerprint density at radius 2 is 1.80 bits per heavy atom. The van der Waals surface area contributed by atoms with Crippen LogP contribution >= 0.6 is 0 Å². The fourth-order valence-electron chi connectivity index (χ4n) is 4.65. The van der Waals surface area contributed by atoms with Crippen molar-refractivity contribution in [3.8, 4) is 11.1 Å². The summed E-state index contributed by atoms with van der Waals surface area (Å²) in [5.41, 5.74) is 8.18. The average Bonchev–Trinajstić information content (AvgIpc) is 3.30. The Bertz CT molecular complexity index is 1500. The number of halogens is 4. The number of anilines is 3. The number of aromatic nitrogens is 3. The monoisotopic (exact) mass is 557 g/mol. The number of aryl methyl sites for hydroxylation is 1. The van der Waals surface area contributed by atoms with Gasteiger partial charge in [0, 0.05) is 30.0 Å². The zero-order valence-corrected chi connectivity index (χ0v) is 21.3. The minimum absolute atomic E-state index is 0.328. The summed E-state index contributed by atoms with van der Waals surface area (Å²) in [6, 6.07) is 9.71. The van der Waals surface area contributed by atoms with E-state index in [1.165, 1.54) is 6.33 Å². The minimum atomic E-state index is -4.67. The van der Waals surface area contributed by atoms with E-state index in [-0.39, 0.29) is 0 Å². The molecule has 5 rings (SSSR count). The van der Waals surface area contributed by atoms with Crippen molar-refractivity contribution in [2.24, 2.45) is 0 Å². The van der Waals surface area contributed by atoms with Crippen molar-refractivity contribution < 1.29 is 27.1 Å². The molecule has 2 aromatic heterocycles. The van der Waals surface area contributed by atoms with Crippen molar-refractivity contribution in [1.29, 1.82) is 0 Å². The summed E-state index contributed by atoms with van der Waals surface area (Å²) in [6.45, 7) is 4.28. The third-order valence-electron chi connectivity index (χ3n) is 6.66. The Hall–Kier alpha value is -4.23. The lowest BCUT2D eigenvalue weighted by Gasteiger charge is -2.26. The number of hydrogen-bond donors (Lipinski definition) is 3. The van der Waals surface area contributed by atoms with Crippen LogP contribution in [0.2, 0.25) is 0 Å². The highest BCUT2D eigenvalue weighted by Crippen LogP contribution is 2.33. The number of nitrogen functional groups attached to an aromatic ring is 1. The van der Waals surface area contributed by atoms with Crippen LogP contribution in [0.4, 0.5) is 39.5 Å². The molecule has 1 aliphatic heterocycles. The molecule has 3 heterocycles. The maximum absolute atomic E-state index is 14.0. The standard InChI is InChI=1S/C27H27F4N7O2/c28-22-8-5-18(27(29,30)31)14-23(22)36-26(39)35-19-6-3-17(4-7-19)21-15-20(38-24(21)25(32)33-16-34-38)2-1-9-37-10-12-40-13-11-37/h3-8,14-16H,1-2,9-13H2,(H2,32,33,34)(H2,35,36,39). The molecule has 0 aliphatic carbocycles. The van der Waals surface area contributed by atoms with E-state index >= 15 is 0 Å². The van der Waals surface area contributed by atoms with Crippen LogP contribution in [0.3, 0.4) is 0 Å². The molecule has 1 saturated heterocycles. The first kappa shape index (κ1) is 27.3. The first-order valence-corrected chi connectivity index (χ1v) is 12.7. The Morgan fingerprint density at radius 1 is 1.05 bits per heavy atom. The van der Waals surface area contributed by atoms with Crippen molar-refractivity contribution in [3.63, 3.8) is 0 Å². The van der Waals surface area contributed by atoms with Gasteiger partial charge >= 0.3 is 12.2 Å². The molecule has 13 heteroatoms. The topological polar surface area (TPSA) is 110 Å². The van der Waals surface area contributed by atoms with Gasteiger partial charge in [-0.05, 0) is 61.3 Å². The van der Waals surface area contributed by atoms with Crippen molar-refractivity contribution in [1.82, 2.24) is 19.5 Å². The SMILES string of the molecule is Nc1ncnn2c(CCCN3CCOCC3)cc(-c3ccc(NC(=O)Nc4cc(C(F)(F)F)ccc4F)cc3)c12. The second kappa shape index (κ2) is 11.5. The molecule has 1 fully saturated rings. The number of carbonyl (C=O) groups excluding carboxylic acids is 1. The fraction of sp³-hybridized carbons (Fsp3) is 0.296. The number of amides is 2. The lowest BCUT2D eigenvalue weighted by Crippen LogP contribution is -2.37. The van der Waals surface area contributed by atoms with Gasteiger partial charge in [0.15, 0.2) is 5.82 Å². The second-order valence-corrected chi connectivity index (χ2v) is 9.36. The molecule has 210 valence electrons. The summed E-state index contributed by atoms with van der Waals surface area (Å²) >= 11 is 0. The van der Waals surface area contributed by atoms with Gasteiger partial charge in [0.1, 0.15) is 17.7 Å². The molecular formula is C27H27F4N7O2. The van der Waals surface area contributed by atoms with Crippen LogP contribution in [0.5, 0.6) is 0 Å². The average molecular weight is 558 g/mol. The van der Waals surface area contributed by atoms with Gasteiger partial charge in [-0.3, -0.25) is 4.90 Å². The number of fused-ring (bicyclic) bond motifs is 1. The highest BCUT2D eigenvalue weighted by Gasteiger charge is 2.31. The van der Waals surface area contributed by atoms with Crippen molar-refractivity contribution in [2.75, 3.05) is 49.2 Å². The lowest BCUT2D eigenvalue weighted by molar-refractivity contribution is -0.137. The van der Waals surface area contributed by atoms with Crippen molar-refractivity contribution in [2.45, 2.75) is 19.0 Å². The number of alkyl halides is 3. The van der Waals surface area contributed by atoms with E-state index in [0.29, 0.717) is 35.2 Å². The molecule has 0 saturated carbocycles. The van der Waals surface area contributed by atoms with Crippen molar-refractivity contribution in [3.05, 3.63) is 71.9 Å². The summed E-state index contributed by atoms with van der Waals surface area (Å²) in [5, 5.41) is 9.03. The van der Waals surface area contributed by atoms with Crippen LogP contribution in [-0.4, -0.2) is 58.4 Å². The third-order valence-corrected chi connectivity index (χ3v) is 6.66. The molecule has 40 heavy (non-hydrogen) atoms. The fourth-order valence-corrected chi connectivity index (χ4v) is 4.65. The molecule has 0 bridgehead atoms. The zero-order valence-electron chi connectivity index (χ0n) is 21.3. The number of hydrogen-bond acceptors (Lipinski definition) is 6. The molecule has 0 spiro atoms. The van der Waals surface area contributed by atoms with Gasteiger partial charge in [0.05, 0.1) is 24.5 Å². The first-order chi connectivity index (χ1) is 19.2. The van der Waals surface area contributed by atoms with E-state index in [9.17, 15) is 22.4 Å². The molecule has 4 N–H and O–H groups in total. The summed E-state index contributed by atoms with van der Waals surface area (Å²) in [5.74, 6) is -0.659. The normalized spacial score (nSPS) is 14.4. The van der Waals surface area contributed by atoms with Gasteiger partial charge in [-0.25, -0.2) is 18.7 Å². The summed E-state index contributed by atoms with van der Waals surface area (Å²) < 4.78 is 60.0. The highest BCUT2D eigenvalue weighted by molar-refractivity contribution is 6.00. The number of morpholine rings is 1. The van der Waals surface area contributed by atoms with Gasteiger partial charge in [0.25, 0.3) is 0 Å². The molecule has 9 nitrogen and oxygen atoms in total. The van der Waals surface area contributed by atoms with E-state index in [1.807, 2.05) is 6.07 Å². The maximum atomic E-state index is 14.0. The van der Waals surface area contributed by atoms with Crippen molar-refractivity contribution >= 4 is 28.7 Å². The quantitative estimate of drug-likeness (QED) is 0.275. The first-order valence-electron chi connectivity index (χ1n) is 12.7. The number of benzene rings is 2. The smallest absolute Gasteiger partial charge is 0.382 e. The summed E-state index contributed by atoms with van der Waals surface area (Å²) in [7, 11) is 0. The predicted molar refractivity (Wildman–Crippen MR) is 142 cm³/mol. The second-order valence-electron chi connectivity index (χ2n) is 9.36. The van der Waals surface area contributed by atoms with E-state index in [4.69, 9.17) is 10.5 Å². The number of rotatable bonds is 7. The van der Waals surface area contributed by atoms with Gasteiger partial charge in [-0.1, -0.05) is 12.1 Å². The number of carbonyl (C=O) groups is 1. The number of urea groups is 1. The summed E-state index contributed by atoms with van der Waals surface area (Å²) in [4.78, 5) is 18.9. The third kappa shape index (κ3) is 6.15. The Labute approximate surface area is 226 Å². The molecule has 2 aromatic carbocycles. The van der Waals surface area contributed by atoms with Gasteiger partial charge in [-0.15, -0.1) is 0 Å². The van der Waals surface area contributed by atoms with E-state index in [1.54, 1.807) is 28.8 Å². The Kier molecular flexibility index (Phi) is 7.85.